The number of halogens is 2. The molecule has 0 aliphatic carbocycles. The minimum atomic E-state index is -0.951. The highest BCUT2D eigenvalue weighted by Crippen LogP contribution is 2.40. The number of carbonyl (C=O) groups is 2. The number of H-pyrrole nitrogens is 1. The maximum absolute atomic E-state index is 14.3. The van der Waals surface area contributed by atoms with Gasteiger partial charge in [-0.25, -0.2) is 4.99 Å². The number of fused-ring (bicyclic) bond motifs is 1. The van der Waals surface area contributed by atoms with E-state index < -0.39 is 17.4 Å². The summed E-state index contributed by atoms with van der Waals surface area (Å²) in [6.07, 6.45) is 0.315. The van der Waals surface area contributed by atoms with Crippen molar-refractivity contribution in [3.63, 3.8) is 0 Å². The van der Waals surface area contributed by atoms with Crippen LogP contribution in [0.4, 0.5) is 11.5 Å². The van der Waals surface area contributed by atoms with Crippen LogP contribution in [0.15, 0.2) is 64.4 Å². The Morgan fingerprint density at radius 2 is 1.72 bits per heavy atom. The first-order valence-electron chi connectivity index (χ1n) is 13.0. The molecule has 3 heterocycles. The molecule has 8 nitrogen and oxygen atoms in total. The highest BCUT2D eigenvalue weighted by atomic mass is 35.5. The largest absolute Gasteiger partial charge is 0.368 e. The molecular formula is C29H31Cl2N5O3. The molecule has 1 amide bonds. The number of carbonyl (C=O) groups excluding carboxylic acids is 2. The van der Waals surface area contributed by atoms with Crippen molar-refractivity contribution in [2.75, 3.05) is 31.1 Å². The zero-order chi connectivity index (χ0) is 27.9. The van der Waals surface area contributed by atoms with Crippen LogP contribution >= 0.6 is 23.2 Å². The van der Waals surface area contributed by atoms with Crippen molar-refractivity contribution < 1.29 is 9.59 Å². The minimum Gasteiger partial charge on any atom is -0.368 e. The van der Waals surface area contributed by atoms with E-state index in [-0.39, 0.29) is 17.2 Å². The lowest BCUT2D eigenvalue weighted by Crippen LogP contribution is -2.54. The number of hydrogen-bond acceptors (Lipinski definition) is 5. The molecule has 3 aromatic rings. The van der Waals surface area contributed by atoms with E-state index in [1.807, 2.05) is 38.1 Å². The maximum Gasteiger partial charge on any atom is 0.266 e. The Bertz CT molecular complexity index is 1490. The van der Waals surface area contributed by atoms with Crippen molar-refractivity contribution in [1.29, 1.82) is 0 Å². The maximum atomic E-state index is 14.3. The van der Waals surface area contributed by atoms with Crippen molar-refractivity contribution >= 4 is 52.1 Å². The quantitative estimate of drug-likeness (QED) is 0.457. The van der Waals surface area contributed by atoms with Crippen LogP contribution in [0.25, 0.3) is 0 Å². The number of para-hydroxylation sites is 1. The fourth-order valence-corrected chi connectivity index (χ4v) is 5.96. The summed E-state index contributed by atoms with van der Waals surface area (Å²) in [5.41, 5.74) is 1.06. The molecule has 1 aromatic heterocycles. The summed E-state index contributed by atoms with van der Waals surface area (Å²) in [4.78, 5) is 49.3. The van der Waals surface area contributed by atoms with Gasteiger partial charge in [-0.3, -0.25) is 24.2 Å². The molecular weight excluding hydrogens is 537 g/mol. The third-order valence-electron chi connectivity index (χ3n) is 7.65. The lowest BCUT2D eigenvalue weighted by atomic mass is 9.74. The predicted octanol–water partition coefficient (Wildman–Crippen LogP) is 4.93. The highest BCUT2D eigenvalue weighted by molar-refractivity contribution is 6.42. The van der Waals surface area contributed by atoms with E-state index in [1.165, 1.54) is 10.7 Å². The lowest BCUT2D eigenvalue weighted by Gasteiger charge is -2.41. The average Bonchev–Trinajstić information content (AvgIpc) is 3.29. The summed E-state index contributed by atoms with van der Waals surface area (Å²) in [7, 11) is 0. The molecule has 2 aromatic carbocycles. The van der Waals surface area contributed by atoms with Gasteiger partial charge in [0.25, 0.3) is 5.56 Å². The van der Waals surface area contributed by atoms with Crippen LogP contribution in [0.2, 0.25) is 10.0 Å². The number of nitrogens with zero attached hydrogens (tertiary/aromatic N) is 4. The van der Waals surface area contributed by atoms with Gasteiger partial charge in [0.2, 0.25) is 5.91 Å². The Kier molecular flexibility index (Phi) is 7.44. The van der Waals surface area contributed by atoms with E-state index >= 15 is 0 Å². The number of aliphatic imine (C=N–C) groups is 1. The second kappa shape index (κ2) is 10.7. The number of Topliss-reactive ketones (excluding diaryl/α,β-unsaturated/α-hetero) is 1. The molecule has 10 heteroatoms. The minimum absolute atomic E-state index is 0.168. The van der Waals surface area contributed by atoms with E-state index in [9.17, 15) is 14.4 Å². The smallest absolute Gasteiger partial charge is 0.266 e. The normalized spacial score (nSPS) is 19.5. The number of piperazine rings is 1. The fourth-order valence-electron chi connectivity index (χ4n) is 5.57. The van der Waals surface area contributed by atoms with Crippen LogP contribution in [-0.4, -0.2) is 58.3 Å². The van der Waals surface area contributed by atoms with Crippen LogP contribution in [0, 0.1) is 11.3 Å². The highest BCUT2D eigenvalue weighted by Gasteiger charge is 2.47. The van der Waals surface area contributed by atoms with Gasteiger partial charge in [-0.1, -0.05) is 67.4 Å². The first-order valence-corrected chi connectivity index (χ1v) is 13.7. The molecule has 0 saturated carbocycles. The molecule has 0 spiro atoms. The first-order chi connectivity index (χ1) is 18.6. The molecule has 0 bridgehead atoms. The summed E-state index contributed by atoms with van der Waals surface area (Å²) < 4.78 is 1.46. The molecule has 39 heavy (non-hydrogen) atoms. The van der Waals surface area contributed by atoms with Crippen molar-refractivity contribution in [2.24, 2.45) is 16.3 Å². The Morgan fingerprint density at radius 1 is 1.03 bits per heavy atom. The Morgan fingerprint density at radius 3 is 2.41 bits per heavy atom. The van der Waals surface area contributed by atoms with Crippen molar-refractivity contribution in [3.05, 3.63) is 80.6 Å². The molecule has 204 valence electrons. The number of anilines is 1. The van der Waals surface area contributed by atoms with Gasteiger partial charge in [-0.2, -0.15) is 0 Å². The summed E-state index contributed by atoms with van der Waals surface area (Å²) in [6, 6.07) is 15.8. The molecule has 0 radical (unpaired) electrons. The molecule has 2 atom stereocenters. The van der Waals surface area contributed by atoms with E-state index in [0.717, 1.165) is 11.3 Å². The van der Waals surface area contributed by atoms with Gasteiger partial charge in [0, 0.05) is 49.1 Å². The average molecular weight is 569 g/mol. The summed E-state index contributed by atoms with van der Waals surface area (Å²) in [5, 5.41) is 3.55. The number of ketones is 1. The number of rotatable bonds is 6. The molecule has 1 saturated heterocycles. The summed E-state index contributed by atoms with van der Waals surface area (Å²) in [6.45, 7) is 7.82. The Hall–Kier alpha value is -3.36. The van der Waals surface area contributed by atoms with Gasteiger partial charge in [0.15, 0.2) is 11.6 Å². The van der Waals surface area contributed by atoms with Crippen molar-refractivity contribution in [3.8, 4) is 0 Å². The van der Waals surface area contributed by atoms with Gasteiger partial charge in [-0.15, -0.1) is 0 Å². The number of aromatic amines is 1. The number of benzene rings is 2. The number of amides is 1. The van der Waals surface area contributed by atoms with Crippen LogP contribution < -0.4 is 10.5 Å². The first kappa shape index (κ1) is 27.2. The molecule has 2 aliphatic heterocycles. The van der Waals surface area contributed by atoms with E-state index in [4.69, 9.17) is 23.2 Å². The molecule has 1 fully saturated rings. The fraction of sp³-hybridized carbons (Fsp3) is 0.379. The van der Waals surface area contributed by atoms with Gasteiger partial charge >= 0.3 is 0 Å². The van der Waals surface area contributed by atoms with Crippen LogP contribution in [0.3, 0.4) is 0 Å². The van der Waals surface area contributed by atoms with Crippen LogP contribution in [0.1, 0.15) is 32.4 Å². The Labute approximate surface area is 237 Å². The molecule has 2 aliphatic rings. The number of hydrogen-bond donors (Lipinski definition) is 1. The summed E-state index contributed by atoms with van der Waals surface area (Å²) in [5.74, 6) is -0.864. The van der Waals surface area contributed by atoms with E-state index in [2.05, 4.69) is 27.1 Å². The lowest BCUT2D eigenvalue weighted by molar-refractivity contribution is -0.141. The van der Waals surface area contributed by atoms with Crippen molar-refractivity contribution in [2.45, 2.75) is 33.2 Å². The number of aromatic nitrogens is 2. The monoisotopic (exact) mass is 567 g/mol. The van der Waals surface area contributed by atoms with Crippen molar-refractivity contribution in [1.82, 2.24) is 14.7 Å². The van der Waals surface area contributed by atoms with Crippen LogP contribution in [0.5, 0.6) is 0 Å². The number of nitrogens with one attached hydrogen (secondary N) is 1. The zero-order valence-corrected chi connectivity index (χ0v) is 23.7. The zero-order valence-electron chi connectivity index (χ0n) is 22.2. The molecule has 1 N–H and O–H groups in total. The Balaban J connectivity index is 1.44. The third kappa shape index (κ3) is 5.28. The van der Waals surface area contributed by atoms with Crippen LogP contribution in [-0.2, 0) is 16.0 Å². The second-order valence-electron chi connectivity index (χ2n) is 10.8. The van der Waals surface area contributed by atoms with Gasteiger partial charge in [0.05, 0.1) is 10.0 Å². The SMILES string of the molecule is CC1=Nc2cc(=O)[nH]n2C(C(=O)C(C)(C)Cc2cccc(Cl)c2Cl)C1C(=O)N1CCN(c2ccccc2)CC1. The van der Waals surface area contributed by atoms with Gasteiger partial charge < -0.3 is 9.80 Å². The molecule has 5 rings (SSSR count). The standard InChI is InChI=1S/C29H31Cl2N5O3/c1-18-24(28(39)35-14-12-34(13-15-35)20-9-5-4-6-10-20)26(36-22(32-18)16-23(37)33-36)27(38)29(2,3)17-19-8-7-11-21(30)25(19)31/h4-11,16,24,26H,12-15,17H2,1-3H3,(H,33,37). The molecule has 2 unspecified atom stereocenters. The second-order valence-corrected chi connectivity index (χ2v) is 11.6. The predicted molar refractivity (Wildman–Crippen MR) is 155 cm³/mol. The van der Waals surface area contributed by atoms with E-state index in [0.29, 0.717) is 54.2 Å². The topological polar surface area (TPSA) is 90.8 Å². The van der Waals surface area contributed by atoms with E-state index in [1.54, 1.807) is 24.0 Å². The summed E-state index contributed by atoms with van der Waals surface area (Å²) >= 11 is 12.7. The van der Waals surface area contributed by atoms with Gasteiger partial charge in [0.1, 0.15) is 12.0 Å². The van der Waals surface area contributed by atoms with Gasteiger partial charge in [-0.05, 0) is 37.1 Å². The third-order valence-corrected chi connectivity index (χ3v) is 8.51.